The van der Waals surface area contributed by atoms with Crippen LogP contribution in [0.15, 0.2) is 0 Å². The number of aliphatic hydroxyl groups excluding tert-OH is 12. The molecule has 1 rings (SSSR count). The van der Waals surface area contributed by atoms with E-state index >= 15 is 0 Å². The highest BCUT2D eigenvalue weighted by Gasteiger charge is 2.23. The van der Waals surface area contributed by atoms with Gasteiger partial charge in [-0.05, 0) is 6.42 Å². The van der Waals surface area contributed by atoms with Gasteiger partial charge in [0.15, 0.2) is 0 Å². The highest BCUT2D eigenvalue weighted by molar-refractivity contribution is 4.69. The fourth-order valence-corrected chi connectivity index (χ4v) is 4.59. The van der Waals surface area contributed by atoms with E-state index in [-0.39, 0.29) is 131 Å². The van der Waals surface area contributed by atoms with Crippen molar-refractivity contribution in [2.24, 2.45) is 0 Å². The SMILES string of the molecule is OCC(O)COCC(O)COCC(O)COC(COCC(O)CO)COCC(COC(COCC(O)CO)COCC(O)CO)OCCC(O)COCC(O)COCC1CO1. The number of hydrogen-bond acceptors (Lipinski definition) is 24. The van der Waals surface area contributed by atoms with Crippen molar-refractivity contribution in [2.75, 3.05) is 159 Å². The monoisotopic (exact) mass is 902 g/mol. The molecule has 0 spiro atoms. The summed E-state index contributed by atoms with van der Waals surface area (Å²) in [6.07, 6.45) is -10.7. The maximum Gasteiger partial charge on any atom is 0.104 e. The van der Waals surface area contributed by atoms with Crippen molar-refractivity contribution in [3.05, 3.63) is 0 Å². The molecule has 0 radical (unpaired) electrons. The Morgan fingerprint density at radius 2 is 0.639 bits per heavy atom. The quantitative estimate of drug-likeness (QED) is 0.0253. The van der Waals surface area contributed by atoms with E-state index in [0.29, 0.717) is 13.2 Å². The maximum absolute atomic E-state index is 10.5. The third kappa shape index (κ3) is 35.0. The first-order valence-electron chi connectivity index (χ1n) is 20.3. The first-order chi connectivity index (χ1) is 29.4. The number of hydrogen-bond donors (Lipinski definition) is 12. The van der Waals surface area contributed by atoms with Crippen molar-refractivity contribution in [2.45, 2.75) is 79.7 Å². The van der Waals surface area contributed by atoms with E-state index in [4.69, 9.17) is 77.3 Å². The summed E-state index contributed by atoms with van der Waals surface area (Å²) in [5, 5.41) is 115. The molecular formula is C37H74O24. The molecule has 0 saturated carbocycles. The second-order valence-electron chi connectivity index (χ2n) is 14.4. The lowest BCUT2D eigenvalue weighted by Crippen LogP contribution is -2.37. The van der Waals surface area contributed by atoms with E-state index < -0.39 is 93.6 Å². The number of rotatable bonds is 46. The van der Waals surface area contributed by atoms with Gasteiger partial charge in [0.05, 0.1) is 158 Å². The van der Waals surface area contributed by atoms with Gasteiger partial charge in [-0.3, -0.25) is 0 Å². The Morgan fingerprint density at radius 1 is 0.344 bits per heavy atom. The summed E-state index contributed by atoms with van der Waals surface area (Å²) in [7, 11) is 0. The molecule has 0 aromatic carbocycles. The van der Waals surface area contributed by atoms with E-state index in [1.165, 1.54) is 0 Å². The standard InChI is InChI=1S/C37H74O24/c38-3-27(43)8-51-13-31(47)14-52-16-33(49)17-59-34(18-53-9-28(44)4-39)21-57-22-36(24-60-35(19-54-10-29(45)5-40)20-55-11-30(46)6-41)58-2-1-26(42)7-50-12-32(48)15-56-23-37-25-61-37/h26-49H,1-25H2. The van der Waals surface area contributed by atoms with Crippen molar-refractivity contribution < 1.29 is 118 Å². The maximum atomic E-state index is 10.5. The second kappa shape index (κ2) is 38.3. The van der Waals surface area contributed by atoms with Crippen LogP contribution in [0.25, 0.3) is 0 Å². The Bertz CT molecular complexity index is 943. The molecule has 1 aliphatic rings. The van der Waals surface area contributed by atoms with Gasteiger partial charge in [-0.25, -0.2) is 0 Å². The zero-order chi connectivity index (χ0) is 45.1. The van der Waals surface area contributed by atoms with Crippen LogP contribution in [0.1, 0.15) is 6.42 Å². The summed E-state index contributed by atoms with van der Waals surface area (Å²) in [5.74, 6) is 0. The summed E-state index contributed by atoms with van der Waals surface area (Å²) >= 11 is 0. The number of epoxide rings is 1. The molecule has 0 amide bonds. The number of ether oxygens (including phenoxy) is 12. The van der Waals surface area contributed by atoms with Gasteiger partial charge < -0.3 is 118 Å². The minimum atomic E-state index is -1.15. The summed E-state index contributed by atoms with van der Waals surface area (Å²) in [5.41, 5.74) is 0. The third-order valence-electron chi connectivity index (χ3n) is 8.02. The molecule has 12 N–H and O–H groups in total. The van der Waals surface area contributed by atoms with Gasteiger partial charge in [0.1, 0.15) is 67.1 Å². The van der Waals surface area contributed by atoms with E-state index in [0.717, 1.165) is 0 Å². The average molecular weight is 903 g/mol. The van der Waals surface area contributed by atoms with E-state index in [9.17, 15) is 40.9 Å². The first kappa shape index (κ1) is 58.1. The van der Waals surface area contributed by atoms with Gasteiger partial charge in [0.2, 0.25) is 0 Å². The van der Waals surface area contributed by atoms with Crippen LogP contribution >= 0.6 is 0 Å². The molecule has 366 valence electrons. The summed E-state index contributed by atoms with van der Waals surface area (Å²) in [4.78, 5) is 0. The normalized spacial score (nSPS) is 19.8. The second-order valence-corrected chi connectivity index (χ2v) is 14.4. The predicted molar refractivity (Wildman–Crippen MR) is 207 cm³/mol. The summed E-state index contributed by atoms with van der Waals surface area (Å²) in [6, 6.07) is 0. The molecule has 11 atom stereocenters. The highest BCUT2D eigenvalue weighted by Crippen LogP contribution is 2.09. The molecular weight excluding hydrogens is 828 g/mol. The smallest absolute Gasteiger partial charge is 0.104 e. The average Bonchev–Trinajstić information content (AvgIpc) is 4.08. The van der Waals surface area contributed by atoms with Crippen LogP contribution in [0.5, 0.6) is 0 Å². The summed E-state index contributed by atoms with van der Waals surface area (Å²) in [6.45, 7) is -3.45. The molecule has 1 saturated heterocycles. The van der Waals surface area contributed by atoms with Crippen LogP contribution in [0.4, 0.5) is 0 Å². The molecule has 1 fully saturated rings. The first-order valence-corrected chi connectivity index (χ1v) is 20.3. The molecule has 0 aromatic heterocycles. The van der Waals surface area contributed by atoms with Gasteiger partial charge in [-0.15, -0.1) is 0 Å². The minimum absolute atomic E-state index is 0.0116. The molecule has 1 heterocycles. The molecule has 0 aromatic rings. The minimum Gasteiger partial charge on any atom is -0.394 e. The van der Waals surface area contributed by atoms with Crippen LogP contribution in [-0.2, 0) is 56.8 Å². The molecule has 1 aliphatic heterocycles. The van der Waals surface area contributed by atoms with Crippen LogP contribution < -0.4 is 0 Å². The van der Waals surface area contributed by atoms with Gasteiger partial charge in [-0.1, -0.05) is 0 Å². The zero-order valence-electron chi connectivity index (χ0n) is 34.9. The Labute approximate surface area is 356 Å². The molecule has 0 aliphatic carbocycles. The summed E-state index contributed by atoms with van der Waals surface area (Å²) < 4.78 is 66.2. The van der Waals surface area contributed by atoms with Crippen molar-refractivity contribution in [3.63, 3.8) is 0 Å². The Hall–Kier alpha value is -0.960. The Morgan fingerprint density at radius 3 is 1.03 bits per heavy atom. The fraction of sp³-hybridized carbons (Fsp3) is 1.00. The lowest BCUT2D eigenvalue weighted by atomic mass is 10.3. The van der Waals surface area contributed by atoms with Crippen LogP contribution in [0.2, 0.25) is 0 Å². The van der Waals surface area contributed by atoms with E-state index in [2.05, 4.69) is 0 Å². The Balaban J connectivity index is 2.79. The fourth-order valence-electron chi connectivity index (χ4n) is 4.59. The van der Waals surface area contributed by atoms with Crippen LogP contribution in [0.3, 0.4) is 0 Å². The lowest BCUT2D eigenvalue weighted by Gasteiger charge is -2.25. The van der Waals surface area contributed by atoms with Crippen LogP contribution in [0, 0.1) is 0 Å². The van der Waals surface area contributed by atoms with Crippen molar-refractivity contribution in [1.82, 2.24) is 0 Å². The molecule has 24 heteroatoms. The molecule has 61 heavy (non-hydrogen) atoms. The topological polar surface area (TPSA) is 357 Å². The predicted octanol–water partition coefficient (Wildman–Crippen LogP) is -7.08. The molecule has 11 unspecified atom stereocenters. The van der Waals surface area contributed by atoms with E-state index in [1.54, 1.807) is 0 Å². The van der Waals surface area contributed by atoms with Crippen molar-refractivity contribution >= 4 is 0 Å². The van der Waals surface area contributed by atoms with Gasteiger partial charge in [-0.2, -0.15) is 0 Å². The van der Waals surface area contributed by atoms with Gasteiger partial charge in [0, 0.05) is 6.61 Å². The van der Waals surface area contributed by atoms with Gasteiger partial charge in [0.25, 0.3) is 0 Å². The van der Waals surface area contributed by atoms with E-state index in [1.807, 2.05) is 0 Å². The zero-order valence-corrected chi connectivity index (χ0v) is 34.9. The Kier molecular flexibility index (Phi) is 36.5. The molecule has 24 nitrogen and oxygen atoms in total. The van der Waals surface area contributed by atoms with Crippen LogP contribution in [-0.4, -0.2) is 293 Å². The lowest BCUT2D eigenvalue weighted by molar-refractivity contribution is -0.135. The molecule has 0 bridgehead atoms. The highest BCUT2D eigenvalue weighted by atomic mass is 16.6. The third-order valence-corrected chi connectivity index (χ3v) is 8.02. The van der Waals surface area contributed by atoms with Crippen molar-refractivity contribution in [3.8, 4) is 0 Å². The van der Waals surface area contributed by atoms with Gasteiger partial charge >= 0.3 is 0 Å². The largest absolute Gasteiger partial charge is 0.394 e. The number of aliphatic hydroxyl groups is 12. The van der Waals surface area contributed by atoms with Crippen molar-refractivity contribution in [1.29, 1.82) is 0 Å².